The number of pyridine rings is 2. The fraction of sp³-hybridized carbons (Fsp3) is 0.478. The third-order valence-electron chi connectivity index (χ3n) is 6.76. The molecule has 0 saturated carbocycles. The summed E-state index contributed by atoms with van der Waals surface area (Å²) in [7, 11) is 2.16. The summed E-state index contributed by atoms with van der Waals surface area (Å²) >= 11 is 0. The quantitative estimate of drug-likeness (QED) is 0.632. The van der Waals surface area contributed by atoms with E-state index in [0.29, 0.717) is 24.5 Å². The number of anilines is 3. The molecule has 0 aromatic carbocycles. The first-order valence-corrected chi connectivity index (χ1v) is 11.0. The van der Waals surface area contributed by atoms with Crippen molar-refractivity contribution in [3.05, 3.63) is 36.2 Å². The monoisotopic (exact) mass is 416 g/mol. The second-order valence-corrected chi connectivity index (χ2v) is 8.73. The van der Waals surface area contributed by atoms with Gasteiger partial charge in [0.05, 0.1) is 11.6 Å². The molecule has 2 fully saturated rings. The average molecular weight is 417 g/mol. The minimum absolute atomic E-state index is 0.426. The van der Waals surface area contributed by atoms with Crippen molar-refractivity contribution in [2.75, 3.05) is 23.8 Å². The summed E-state index contributed by atoms with van der Waals surface area (Å²) in [5, 5.41) is 20.6. The van der Waals surface area contributed by atoms with Crippen molar-refractivity contribution in [3.63, 3.8) is 0 Å². The van der Waals surface area contributed by atoms with Crippen LogP contribution in [-0.2, 0) is 0 Å². The summed E-state index contributed by atoms with van der Waals surface area (Å²) in [6.07, 6.45) is 7.12. The van der Waals surface area contributed by atoms with Gasteiger partial charge in [0.1, 0.15) is 11.6 Å². The molecule has 3 atom stereocenters. The van der Waals surface area contributed by atoms with E-state index in [9.17, 15) is 0 Å². The fourth-order valence-electron chi connectivity index (χ4n) is 5.28. The lowest BCUT2D eigenvalue weighted by Crippen LogP contribution is -2.50. The van der Waals surface area contributed by atoms with Crippen molar-refractivity contribution >= 4 is 28.4 Å². The molecule has 5 heterocycles. The molecule has 0 aliphatic carbocycles. The molecule has 1 unspecified atom stereocenters. The highest BCUT2D eigenvalue weighted by Gasteiger charge is 2.41. The average Bonchev–Trinajstić information content (AvgIpc) is 3.28. The Balaban J connectivity index is 1.43. The Morgan fingerprint density at radius 1 is 1.26 bits per heavy atom. The van der Waals surface area contributed by atoms with E-state index >= 15 is 0 Å². The zero-order valence-electron chi connectivity index (χ0n) is 18.0. The van der Waals surface area contributed by atoms with Crippen molar-refractivity contribution in [2.24, 2.45) is 0 Å². The maximum Gasteiger partial charge on any atom is 0.153 e. The largest absolute Gasteiger partial charge is 0.356 e. The van der Waals surface area contributed by atoms with E-state index in [1.165, 1.54) is 12.8 Å². The van der Waals surface area contributed by atoms with Crippen molar-refractivity contribution in [2.45, 2.75) is 57.2 Å². The molecule has 2 aliphatic heterocycles. The zero-order chi connectivity index (χ0) is 21.4. The maximum absolute atomic E-state index is 9.00. The number of nitrogens with one attached hydrogen (secondary N) is 2. The first-order chi connectivity index (χ1) is 15.1. The first-order valence-electron chi connectivity index (χ1n) is 11.0. The van der Waals surface area contributed by atoms with E-state index in [1.807, 2.05) is 31.3 Å². The van der Waals surface area contributed by atoms with Gasteiger partial charge in [-0.15, -0.1) is 0 Å². The molecule has 2 bridgehead atoms. The minimum Gasteiger partial charge on any atom is -0.356 e. The summed E-state index contributed by atoms with van der Waals surface area (Å²) in [6.45, 7) is 2.87. The second kappa shape index (κ2) is 8.16. The van der Waals surface area contributed by atoms with Crippen molar-refractivity contribution in [1.29, 1.82) is 5.26 Å². The summed E-state index contributed by atoms with van der Waals surface area (Å²) < 4.78 is 0. The van der Waals surface area contributed by atoms with E-state index in [0.717, 1.165) is 53.4 Å². The molecule has 0 radical (unpaired) electrons. The van der Waals surface area contributed by atoms with Crippen molar-refractivity contribution < 1.29 is 0 Å². The van der Waals surface area contributed by atoms with E-state index in [4.69, 9.17) is 10.2 Å². The Morgan fingerprint density at radius 3 is 2.77 bits per heavy atom. The van der Waals surface area contributed by atoms with Gasteiger partial charge in [-0.25, -0.2) is 4.98 Å². The third kappa shape index (κ3) is 3.81. The van der Waals surface area contributed by atoms with Crippen LogP contribution in [0, 0.1) is 18.3 Å². The lowest BCUT2D eigenvalue weighted by atomic mass is 9.95. The van der Waals surface area contributed by atoms with Crippen LogP contribution >= 0.6 is 0 Å². The van der Waals surface area contributed by atoms with Crippen LogP contribution in [-0.4, -0.2) is 56.8 Å². The predicted octanol–water partition coefficient (Wildman–Crippen LogP) is 3.75. The molecule has 160 valence electrons. The molecule has 0 amide bonds. The highest BCUT2D eigenvalue weighted by molar-refractivity contribution is 5.92. The van der Waals surface area contributed by atoms with Crippen molar-refractivity contribution in [3.8, 4) is 6.07 Å². The van der Waals surface area contributed by atoms with Gasteiger partial charge in [-0.3, -0.25) is 15.0 Å². The number of fused-ring (bicyclic) bond motifs is 3. The van der Waals surface area contributed by atoms with Crippen LogP contribution in [0.5, 0.6) is 0 Å². The van der Waals surface area contributed by atoms with Gasteiger partial charge < -0.3 is 10.2 Å². The number of hydrogen-bond acceptors (Lipinski definition) is 7. The topological polar surface area (TPSA) is 96.8 Å². The molecule has 0 spiro atoms. The molecule has 3 aromatic heterocycles. The Kier molecular flexibility index (Phi) is 5.20. The second-order valence-electron chi connectivity index (χ2n) is 8.73. The highest BCUT2D eigenvalue weighted by atomic mass is 15.3. The molecular weight excluding hydrogens is 388 g/mol. The molecular formula is C23H28N8. The number of nitrogens with zero attached hydrogens (tertiary/aromatic N) is 6. The minimum atomic E-state index is 0.426. The molecule has 2 saturated heterocycles. The molecule has 3 aromatic rings. The zero-order valence-corrected chi connectivity index (χ0v) is 18.0. The maximum atomic E-state index is 9.00. The van der Waals surface area contributed by atoms with Gasteiger partial charge in [-0.1, -0.05) is 0 Å². The lowest BCUT2D eigenvalue weighted by molar-refractivity contribution is 0.129. The van der Waals surface area contributed by atoms with Crippen LogP contribution < -0.4 is 10.2 Å². The number of hydrogen-bond donors (Lipinski definition) is 2. The number of aromatic nitrogens is 4. The summed E-state index contributed by atoms with van der Waals surface area (Å²) in [5.41, 5.74) is 1.92. The van der Waals surface area contributed by atoms with Crippen LogP contribution in [0.1, 0.15) is 37.8 Å². The third-order valence-corrected chi connectivity index (χ3v) is 6.76. The van der Waals surface area contributed by atoms with E-state index in [2.05, 4.69) is 49.5 Å². The molecule has 2 aliphatic rings. The SMILES string of the molecule is Cc1cc(Nc2cc3ncccc3c(N(C)C3C[C@H]4CC[C@@H](C3)N4CCC#N)n2)n[nH]1. The lowest BCUT2D eigenvalue weighted by Gasteiger charge is -2.42. The number of aryl methyl sites for hydroxylation is 1. The summed E-state index contributed by atoms with van der Waals surface area (Å²) in [5.74, 6) is 2.45. The fourth-order valence-corrected chi connectivity index (χ4v) is 5.28. The molecule has 2 N–H and O–H groups in total. The van der Waals surface area contributed by atoms with Crippen LogP contribution in [0.2, 0.25) is 0 Å². The van der Waals surface area contributed by atoms with Crippen LogP contribution in [0.3, 0.4) is 0 Å². The van der Waals surface area contributed by atoms with E-state index < -0.39 is 0 Å². The van der Waals surface area contributed by atoms with Gasteiger partial charge in [0.2, 0.25) is 0 Å². The first kappa shape index (κ1) is 19.8. The summed E-state index contributed by atoms with van der Waals surface area (Å²) in [6, 6.07) is 11.9. The Hall–Kier alpha value is -3.18. The van der Waals surface area contributed by atoms with Crippen molar-refractivity contribution in [1.82, 2.24) is 25.1 Å². The van der Waals surface area contributed by atoms with E-state index in [1.54, 1.807) is 0 Å². The Bertz CT molecular complexity index is 1100. The molecule has 31 heavy (non-hydrogen) atoms. The van der Waals surface area contributed by atoms with Gasteiger partial charge in [0.15, 0.2) is 5.82 Å². The van der Waals surface area contributed by atoms with Gasteiger partial charge in [0, 0.05) is 67.5 Å². The number of H-pyrrole nitrogens is 1. The Labute approximate surface area is 182 Å². The van der Waals surface area contributed by atoms with Crippen LogP contribution in [0.15, 0.2) is 30.5 Å². The normalized spacial score (nSPS) is 23.1. The Morgan fingerprint density at radius 2 is 2.06 bits per heavy atom. The highest BCUT2D eigenvalue weighted by Crippen LogP contribution is 2.39. The number of aromatic amines is 1. The van der Waals surface area contributed by atoms with Crippen LogP contribution in [0.4, 0.5) is 17.5 Å². The standard InChI is InChI=1S/C23H28N8/c1-15-11-22(29-28-15)26-21-14-20-19(5-3-9-25-20)23(27-21)30(2)18-12-16-6-7-17(13-18)31(16)10-4-8-24/h3,5,9,11,14,16-18H,4,6-7,10,12-13H2,1-2H3,(H2,26,27,28,29)/t16-,17+,18?. The van der Waals surface area contributed by atoms with Gasteiger partial charge in [-0.05, 0) is 44.7 Å². The number of rotatable bonds is 6. The molecule has 5 rings (SSSR count). The smallest absolute Gasteiger partial charge is 0.153 e. The van der Waals surface area contributed by atoms with Gasteiger partial charge >= 0.3 is 0 Å². The van der Waals surface area contributed by atoms with Gasteiger partial charge in [0.25, 0.3) is 0 Å². The number of nitriles is 1. The molecule has 8 heteroatoms. The van der Waals surface area contributed by atoms with Crippen LogP contribution in [0.25, 0.3) is 10.9 Å². The van der Waals surface area contributed by atoms with E-state index in [-0.39, 0.29) is 0 Å². The molecule has 8 nitrogen and oxygen atoms in total. The summed E-state index contributed by atoms with van der Waals surface area (Å²) in [4.78, 5) is 14.5. The van der Waals surface area contributed by atoms with Gasteiger partial charge in [-0.2, -0.15) is 10.4 Å². The number of piperidine rings is 1. The predicted molar refractivity (Wildman–Crippen MR) is 121 cm³/mol.